The summed E-state index contributed by atoms with van der Waals surface area (Å²) >= 11 is 0. The number of aliphatic hydroxyl groups excluding tert-OH is 1. The molecule has 2 saturated heterocycles. The minimum atomic E-state index is -1.51. The van der Waals surface area contributed by atoms with Crippen molar-refractivity contribution in [2.45, 2.75) is 31.1 Å². The standard InChI is InChI=1S/C9H11NO6/c11-3-4(9(14)15)10-7(12)5-1-2-6(16-5)8(10)13/h4-6,11H,1-3H2,(H,14,15). The second kappa shape index (κ2) is 3.84. The van der Waals surface area contributed by atoms with Gasteiger partial charge in [0.2, 0.25) is 0 Å². The van der Waals surface area contributed by atoms with Crippen LogP contribution >= 0.6 is 0 Å². The van der Waals surface area contributed by atoms with Gasteiger partial charge < -0.3 is 14.9 Å². The first-order valence-electron chi connectivity index (χ1n) is 4.92. The molecule has 0 aromatic rings. The van der Waals surface area contributed by atoms with Crippen molar-refractivity contribution in [1.82, 2.24) is 4.90 Å². The number of rotatable bonds is 3. The van der Waals surface area contributed by atoms with Gasteiger partial charge in [0.1, 0.15) is 12.2 Å². The summed E-state index contributed by atoms with van der Waals surface area (Å²) < 4.78 is 5.11. The van der Waals surface area contributed by atoms with Crippen molar-refractivity contribution in [2.75, 3.05) is 6.61 Å². The van der Waals surface area contributed by atoms with Gasteiger partial charge in [-0.1, -0.05) is 0 Å². The summed E-state index contributed by atoms with van der Waals surface area (Å²) in [5.41, 5.74) is 0. The highest BCUT2D eigenvalue weighted by atomic mass is 16.5. The van der Waals surface area contributed by atoms with E-state index in [1.165, 1.54) is 0 Å². The number of hydrogen-bond donors (Lipinski definition) is 2. The average Bonchev–Trinajstić information content (AvgIpc) is 2.67. The molecule has 16 heavy (non-hydrogen) atoms. The molecule has 0 spiro atoms. The molecule has 0 aliphatic carbocycles. The Morgan fingerprint density at radius 1 is 1.38 bits per heavy atom. The maximum absolute atomic E-state index is 11.7. The molecule has 2 rings (SSSR count). The Morgan fingerprint density at radius 2 is 1.88 bits per heavy atom. The first-order chi connectivity index (χ1) is 7.56. The summed E-state index contributed by atoms with van der Waals surface area (Å²) in [4.78, 5) is 34.8. The van der Waals surface area contributed by atoms with E-state index in [0.29, 0.717) is 17.7 Å². The molecule has 3 unspecified atom stereocenters. The predicted octanol–water partition coefficient (Wildman–Crippen LogP) is -1.65. The maximum Gasteiger partial charge on any atom is 0.329 e. The molecule has 2 aliphatic rings. The van der Waals surface area contributed by atoms with Gasteiger partial charge in [0.25, 0.3) is 11.8 Å². The van der Waals surface area contributed by atoms with Crippen LogP contribution in [0.15, 0.2) is 0 Å². The summed E-state index contributed by atoms with van der Waals surface area (Å²) in [6.07, 6.45) is -0.639. The van der Waals surface area contributed by atoms with Crippen LogP contribution in [0.5, 0.6) is 0 Å². The molecule has 88 valence electrons. The third-order valence-electron chi connectivity index (χ3n) is 2.81. The summed E-state index contributed by atoms with van der Waals surface area (Å²) in [7, 11) is 0. The number of aliphatic hydroxyl groups is 1. The Kier molecular flexibility index (Phi) is 2.64. The van der Waals surface area contributed by atoms with Crippen molar-refractivity contribution >= 4 is 17.8 Å². The second-order valence-electron chi connectivity index (χ2n) is 3.77. The van der Waals surface area contributed by atoms with Crippen molar-refractivity contribution in [3.05, 3.63) is 0 Å². The third kappa shape index (κ3) is 1.48. The van der Waals surface area contributed by atoms with Crippen LogP contribution in [0.25, 0.3) is 0 Å². The Labute approximate surface area is 90.6 Å². The Hall–Kier alpha value is -1.47. The zero-order valence-electron chi connectivity index (χ0n) is 8.33. The number of carbonyl (C=O) groups is 3. The number of morpholine rings is 1. The number of ether oxygens (including phenoxy) is 1. The summed E-state index contributed by atoms with van der Waals surface area (Å²) in [6.45, 7) is -0.785. The van der Waals surface area contributed by atoms with Gasteiger partial charge in [0.05, 0.1) is 6.61 Å². The lowest BCUT2D eigenvalue weighted by Gasteiger charge is -2.32. The minimum Gasteiger partial charge on any atom is -0.480 e. The Balaban J connectivity index is 2.28. The minimum absolute atomic E-state index is 0.420. The molecular weight excluding hydrogens is 218 g/mol. The molecule has 0 radical (unpaired) electrons. The highest BCUT2D eigenvalue weighted by molar-refractivity contribution is 6.05. The fourth-order valence-electron chi connectivity index (χ4n) is 2.00. The normalized spacial score (nSPS) is 30.7. The molecule has 3 atom stereocenters. The largest absolute Gasteiger partial charge is 0.480 e. The topological polar surface area (TPSA) is 104 Å². The molecule has 2 aliphatic heterocycles. The van der Waals surface area contributed by atoms with E-state index in [2.05, 4.69) is 0 Å². The fourth-order valence-corrected chi connectivity index (χ4v) is 2.00. The van der Waals surface area contributed by atoms with Crippen LogP contribution in [0.3, 0.4) is 0 Å². The van der Waals surface area contributed by atoms with Crippen LogP contribution in [0.4, 0.5) is 0 Å². The Bertz CT molecular complexity index is 332. The number of likely N-dealkylation sites (tertiary alicyclic amines) is 1. The molecule has 2 heterocycles. The molecule has 2 bridgehead atoms. The van der Waals surface area contributed by atoms with E-state index < -0.39 is 42.6 Å². The van der Waals surface area contributed by atoms with Crippen molar-refractivity contribution in [2.24, 2.45) is 0 Å². The number of aliphatic carboxylic acids is 1. The second-order valence-corrected chi connectivity index (χ2v) is 3.77. The molecule has 7 nitrogen and oxygen atoms in total. The molecule has 2 N–H and O–H groups in total. The molecule has 2 fully saturated rings. The number of carboxylic acids is 1. The first kappa shape index (κ1) is 11.0. The zero-order valence-corrected chi connectivity index (χ0v) is 8.33. The molecular formula is C9H11NO6. The maximum atomic E-state index is 11.7. The lowest BCUT2D eigenvalue weighted by Crippen LogP contribution is -2.59. The predicted molar refractivity (Wildman–Crippen MR) is 48.3 cm³/mol. The van der Waals surface area contributed by atoms with E-state index in [0.717, 1.165) is 0 Å². The number of nitrogens with zero attached hydrogens (tertiary/aromatic N) is 1. The summed E-state index contributed by atoms with van der Waals surface area (Å²) in [6, 6.07) is -1.51. The van der Waals surface area contributed by atoms with Gasteiger partial charge in [0.15, 0.2) is 6.04 Å². The van der Waals surface area contributed by atoms with Crippen LogP contribution in [-0.4, -0.2) is 57.8 Å². The number of fused-ring (bicyclic) bond motifs is 2. The summed E-state index contributed by atoms with van der Waals surface area (Å²) in [5, 5.41) is 17.7. The summed E-state index contributed by atoms with van der Waals surface area (Å²) in [5.74, 6) is -2.73. The lowest BCUT2D eigenvalue weighted by molar-refractivity contribution is -0.177. The number of hydrogen-bond acceptors (Lipinski definition) is 5. The number of carbonyl (C=O) groups excluding carboxylic acids is 2. The lowest BCUT2D eigenvalue weighted by atomic mass is 10.2. The number of imide groups is 1. The Morgan fingerprint density at radius 3 is 2.25 bits per heavy atom. The van der Waals surface area contributed by atoms with Crippen LogP contribution in [0, 0.1) is 0 Å². The van der Waals surface area contributed by atoms with Gasteiger partial charge in [-0.25, -0.2) is 4.79 Å². The van der Waals surface area contributed by atoms with E-state index in [1.807, 2.05) is 0 Å². The van der Waals surface area contributed by atoms with Gasteiger partial charge in [-0.15, -0.1) is 0 Å². The third-order valence-corrected chi connectivity index (χ3v) is 2.81. The van der Waals surface area contributed by atoms with E-state index in [9.17, 15) is 14.4 Å². The van der Waals surface area contributed by atoms with Crippen LogP contribution in [0.1, 0.15) is 12.8 Å². The van der Waals surface area contributed by atoms with Gasteiger partial charge in [-0.05, 0) is 12.8 Å². The van der Waals surface area contributed by atoms with E-state index >= 15 is 0 Å². The molecule has 0 saturated carbocycles. The van der Waals surface area contributed by atoms with Gasteiger partial charge in [0, 0.05) is 0 Å². The highest BCUT2D eigenvalue weighted by Gasteiger charge is 2.50. The van der Waals surface area contributed by atoms with Crippen molar-refractivity contribution in [1.29, 1.82) is 0 Å². The van der Waals surface area contributed by atoms with Gasteiger partial charge >= 0.3 is 5.97 Å². The van der Waals surface area contributed by atoms with Crippen LogP contribution in [0.2, 0.25) is 0 Å². The average molecular weight is 229 g/mol. The first-order valence-corrected chi connectivity index (χ1v) is 4.92. The van der Waals surface area contributed by atoms with Crippen molar-refractivity contribution in [3.8, 4) is 0 Å². The van der Waals surface area contributed by atoms with E-state index in [1.54, 1.807) is 0 Å². The SMILES string of the molecule is O=C(O)C(CO)N1C(=O)C2CCC(O2)C1=O. The molecule has 0 aromatic carbocycles. The van der Waals surface area contributed by atoms with Crippen LogP contribution < -0.4 is 0 Å². The monoisotopic (exact) mass is 229 g/mol. The number of carboxylic acid groups (broad SMARTS) is 1. The van der Waals surface area contributed by atoms with Crippen LogP contribution in [-0.2, 0) is 19.1 Å². The molecule has 2 amide bonds. The van der Waals surface area contributed by atoms with Gasteiger partial charge in [-0.3, -0.25) is 14.5 Å². The van der Waals surface area contributed by atoms with Crippen molar-refractivity contribution in [3.63, 3.8) is 0 Å². The van der Waals surface area contributed by atoms with Gasteiger partial charge in [-0.2, -0.15) is 0 Å². The smallest absolute Gasteiger partial charge is 0.329 e. The zero-order chi connectivity index (χ0) is 11.9. The highest BCUT2D eigenvalue weighted by Crippen LogP contribution is 2.29. The van der Waals surface area contributed by atoms with Crippen molar-refractivity contribution < 1.29 is 29.3 Å². The van der Waals surface area contributed by atoms with E-state index in [-0.39, 0.29) is 0 Å². The van der Waals surface area contributed by atoms with E-state index in [4.69, 9.17) is 14.9 Å². The molecule has 7 heteroatoms. The number of amides is 2. The quantitative estimate of drug-likeness (QED) is 0.562. The fraction of sp³-hybridized carbons (Fsp3) is 0.667. The molecule has 0 aromatic heterocycles.